The maximum absolute atomic E-state index is 8.95. The fourth-order valence-corrected chi connectivity index (χ4v) is 2.13. The summed E-state index contributed by atoms with van der Waals surface area (Å²) in [6.45, 7) is 1.66. The van der Waals surface area contributed by atoms with Crippen molar-refractivity contribution in [3.63, 3.8) is 0 Å². The SMILES string of the molecule is NCc1ccc(N(CCCO)C2CCC2)nc1. The van der Waals surface area contributed by atoms with Crippen molar-refractivity contribution in [1.82, 2.24) is 4.98 Å². The van der Waals surface area contributed by atoms with Gasteiger partial charge in [-0.15, -0.1) is 0 Å². The molecular formula is C13H21N3O. The van der Waals surface area contributed by atoms with E-state index in [-0.39, 0.29) is 6.61 Å². The molecule has 0 spiro atoms. The molecule has 1 saturated carbocycles. The van der Waals surface area contributed by atoms with Crippen molar-refractivity contribution in [2.24, 2.45) is 5.73 Å². The van der Waals surface area contributed by atoms with E-state index < -0.39 is 0 Å². The van der Waals surface area contributed by atoms with Crippen LogP contribution in [0.2, 0.25) is 0 Å². The molecule has 0 aliphatic heterocycles. The van der Waals surface area contributed by atoms with Crippen LogP contribution in [-0.4, -0.2) is 29.3 Å². The molecule has 1 fully saturated rings. The van der Waals surface area contributed by atoms with Crippen molar-refractivity contribution >= 4 is 5.82 Å². The first kappa shape index (κ1) is 12.3. The molecule has 4 nitrogen and oxygen atoms in total. The van der Waals surface area contributed by atoms with Crippen molar-refractivity contribution < 1.29 is 5.11 Å². The number of nitrogens with two attached hydrogens (primary N) is 1. The van der Waals surface area contributed by atoms with E-state index >= 15 is 0 Å². The molecule has 1 aliphatic rings. The van der Waals surface area contributed by atoms with Crippen LogP contribution >= 0.6 is 0 Å². The summed E-state index contributed by atoms with van der Waals surface area (Å²) in [5, 5.41) is 8.95. The highest BCUT2D eigenvalue weighted by Gasteiger charge is 2.25. The summed E-state index contributed by atoms with van der Waals surface area (Å²) in [5.74, 6) is 1.01. The lowest BCUT2D eigenvalue weighted by Crippen LogP contribution is -2.41. The average Bonchev–Trinajstić information content (AvgIpc) is 2.32. The Kier molecular flexibility index (Phi) is 4.34. The predicted molar refractivity (Wildman–Crippen MR) is 68.8 cm³/mol. The maximum atomic E-state index is 8.95. The van der Waals surface area contributed by atoms with Crippen molar-refractivity contribution in [3.8, 4) is 0 Å². The van der Waals surface area contributed by atoms with Gasteiger partial charge in [-0.25, -0.2) is 4.98 Å². The molecular weight excluding hydrogens is 214 g/mol. The summed E-state index contributed by atoms with van der Waals surface area (Å²) in [7, 11) is 0. The zero-order valence-electron chi connectivity index (χ0n) is 10.2. The molecule has 2 rings (SSSR count). The van der Waals surface area contributed by atoms with Gasteiger partial charge in [0.1, 0.15) is 5.82 Å². The van der Waals surface area contributed by atoms with Gasteiger partial charge < -0.3 is 15.7 Å². The highest BCUT2D eigenvalue weighted by molar-refractivity contribution is 5.41. The van der Waals surface area contributed by atoms with E-state index in [1.807, 2.05) is 18.3 Å². The Morgan fingerprint density at radius 3 is 2.71 bits per heavy atom. The van der Waals surface area contributed by atoms with E-state index in [2.05, 4.69) is 9.88 Å². The molecule has 3 N–H and O–H groups in total. The highest BCUT2D eigenvalue weighted by atomic mass is 16.3. The minimum absolute atomic E-state index is 0.240. The Labute approximate surface area is 102 Å². The molecule has 0 amide bonds. The smallest absolute Gasteiger partial charge is 0.128 e. The third-order valence-corrected chi connectivity index (χ3v) is 3.41. The van der Waals surface area contributed by atoms with Crippen molar-refractivity contribution in [2.45, 2.75) is 38.3 Å². The monoisotopic (exact) mass is 235 g/mol. The summed E-state index contributed by atoms with van der Waals surface area (Å²) in [5.41, 5.74) is 6.63. The summed E-state index contributed by atoms with van der Waals surface area (Å²) < 4.78 is 0. The molecule has 1 aromatic rings. The quantitative estimate of drug-likeness (QED) is 0.779. The van der Waals surface area contributed by atoms with Gasteiger partial charge in [-0.3, -0.25) is 0 Å². The highest BCUT2D eigenvalue weighted by Crippen LogP contribution is 2.28. The van der Waals surface area contributed by atoms with Crippen LogP contribution in [0.5, 0.6) is 0 Å². The molecule has 0 atom stereocenters. The minimum atomic E-state index is 0.240. The van der Waals surface area contributed by atoms with Gasteiger partial charge in [0.25, 0.3) is 0 Å². The lowest BCUT2D eigenvalue weighted by Gasteiger charge is -2.38. The Balaban J connectivity index is 2.06. The number of hydrogen-bond acceptors (Lipinski definition) is 4. The zero-order chi connectivity index (χ0) is 12.1. The number of aromatic nitrogens is 1. The minimum Gasteiger partial charge on any atom is -0.396 e. The van der Waals surface area contributed by atoms with Gasteiger partial charge in [0.05, 0.1) is 0 Å². The Hall–Kier alpha value is -1.13. The number of anilines is 1. The lowest BCUT2D eigenvalue weighted by atomic mass is 9.91. The van der Waals surface area contributed by atoms with Crippen molar-refractivity contribution in [2.75, 3.05) is 18.1 Å². The summed E-state index contributed by atoms with van der Waals surface area (Å²) in [6.07, 6.45) is 6.44. The molecule has 0 unspecified atom stereocenters. The molecule has 1 heterocycles. The van der Waals surface area contributed by atoms with Crippen LogP contribution in [-0.2, 0) is 6.54 Å². The Morgan fingerprint density at radius 2 is 2.24 bits per heavy atom. The average molecular weight is 235 g/mol. The van der Waals surface area contributed by atoms with E-state index in [9.17, 15) is 0 Å². The third kappa shape index (κ3) is 2.96. The molecule has 17 heavy (non-hydrogen) atoms. The van der Waals surface area contributed by atoms with Crippen LogP contribution in [0, 0.1) is 0 Å². The first-order chi connectivity index (χ1) is 8.35. The van der Waals surface area contributed by atoms with E-state index in [0.29, 0.717) is 12.6 Å². The normalized spacial score (nSPS) is 15.6. The first-order valence-electron chi connectivity index (χ1n) is 6.37. The molecule has 0 aromatic carbocycles. The van der Waals surface area contributed by atoms with Gasteiger partial charge in [0.2, 0.25) is 0 Å². The van der Waals surface area contributed by atoms with Crippen LogP contribution in [0.4, 0.5) is 5.82 Å². The second-order valence-corrected chi connectivity index (χ2v) is 4.58. The van der Waals surface area contributed by atoms with Gasteiger partial charge in [0.15, 0.2) is 0 Å². The number of aliphatic hydroxyl groups is 1. The zero-order valence-corrected chi connectivity index (χ0v) is 10.2. The molecule has 1 aromatic heterocycles. The van der Waals surface area contributed by atoms with Crippen LogP contribution in [0.25, 0.3) is 0 Å². The molecule has 0 saturated heterocycles. The number of hydrogen-bond donors (Lipinski definition) is 2. The van der Waals surface area contributed by atoms with Gasteiger partial charge in [-0.05, 0) is 37.3 Å². The maximum Gasteiger partial charge on any atom is 0.128 e. The summed E-state index contributed by atoms with van der Waals surface area (Å²) in [4.78, 5) is 6.79. The van der Waals surface area contributed by atoms with Crippen LogP contribution < -0.4 is 10.6 Å². The fourth-order valence-electron chi connectivity index (χ4n) is 2.13. The van der Waals surface area contributed by atoms with Crippen LogP contribution in [0.3, 0.4) is 0 Å². The Bertz CT molecular complexity index is 335. The second kappa shape index (κ2) is 5.98. The number of pyridine rings is 1. The summed E-state index contributed by atoms with van der Waals surface area (Å²) in [6, 6.07) is 4.68. The topological polar surface area (TPSA) is 62.4 Å². The molecule has 4 heteroatoms. The van der Waals surface area contributed by atoms with Gasteiger partial charge in [-0.2, -0.15) is 0 Å². The number of nitrogens with zero attached hydrogens (tertiary/aromatic N) is 2. The van der Waals surface area contributed by atoms with Gasteiger partial charge in [0, 0.05) is 31.9 Å². The van der Waals surface area contributed by atoms with E-state index in [0.717, 1.165) is 24.3 Å². The predicted octanol–water partition coefficient (Wildman–Crippen LogP) is 1.28. The van der Waals surface area contributed by atoms with E-state index in [1.165, 1.54) is 19.3 Å². The second-order valence-electron chi connectivity index (χ2n) is 4.58. The van der Waals surface area contributed by atoms with Crippen LogP contribution in [0.1, 0.15) is 31.2 Å². The van der Waals surface area contributed by atoms with E-state index in [4.69, 9.17) is 10.8 Å². The summed E-state index contributed by atoms with van der Waals surface area (Å²) >= 11 is 0. The number of rotatable bonds is 6. The first-order valence-corrected chi connectivity index (χ1v) is 6.37. The van der Waals surface area contributed by atoms with Gasteiger partial charge >= 0.3 is 0 Å². The fraction of sp³-hybridized carbons (Fsp3) is 0.615. The molecule has 94 valence electrons. The van der Waals surface area contributed by atoms with Crippen LogP contribution in [0.15, 0.2) is 18.3 Å². The van der Waals surface area contributed by atoms with E-state index in [1.54, 1.807) is 0 Å². The third-order valence-electron chi connectivity index (χ3n) is 3.41. The molecule has 0 radical (unpaired) electrons. The lowest BCUT2D eigenvalue weighted by molar-refractivity contribution is 0.282. The molecule has 0 bridgehead atoms. The number of aliphatic hydroxyl groups excluding tert-OH is 1. The van der Waals surface area contributed by atoms with Crippen molar-refractivity contribution in [1.29, 1.82) is 0 Å². The van der Waals surface area contributed by atoms with Crippen molar-refractivity contribution in [3.05, 3.63) is 23.9 Å². The molecule has 1 aliphatic carbocycles. The van der Waals surface area contributed by atoms with Gasteiger partial charge in [-0.1, -0.05) is 6.07 Å². The largest absolute Gasteiger partial charge is 0.396 e. The Morgan fingerprint density at radius 1 is 1.41 bits per heavy atom. The standard InChI is InChI=1S/C13H21N3O/c14-9-11-5-6-13(15-10-11)16(7-2-8-17)12-3-1-4-12/h5-6,10,12,17H,1-4,7-9,14H2.